The molecular weight excluding hydrogens is 618 g/mol. The van der Waals surface area contributed by atoms with E-state index >= 15 is 0 Å². The molecule has 228 valence electrons. The molecule has 13 heteroatoms. The Labute approximate surface area is 251 Å². The van der Waals surface area contributed by atoms with Crippen LogP contribution in [0.15, 0.2) is 50.3 Å². The number of guanidine groups is 1. The average Bonchev–Trinajstić information content (AvgIpc) is 2.81. The third-order valence-electron chi connectivity index (χ3n) is 5.08. The van der Waals surface area contributed by atoms with Gasteiger partial charge in [-0.15, -0.1) is 0 Å². The largest absolute Gasteiger partial charge is 0.492 e. The Kier molecular flexibility index (Phi) is 12.4. The number of amides is 2. The highest BCUT2D eigenvalue weighted by atomic mass is 79.9. The van der Waals surface area contributed by atoms with Crippen molar-refractivity contribution in [1.82, 2.24) is 10.6 Å². The number of nitrogens with zero attached hydrogens (tertiary/aromatic N) is 1. The van der Waals surface area contributed by atoms with E-state index in [0.29, 0.717) is 29.5 Å². The first-order valence-corrected chi connectivity index (χ1v) is 15.3. The second kappa shape index (κ2) is 14.8. The van der Waals surface area contributed by atoms with E-state index < -0.39 is 33.5 Å². The number of carbonyl (C=O) groups is 2. The minimum Gasteiger partial charge on any atom is -0.492 e. The van der Waals surface area contributed by atoms with Crippen LogP contribution in [0.5, 0.6) is 5.75 Å². The third kappa shape index (κ3) is 13.5. The van der Waals surface area contributed by atoms with Gasteiger partial charge in [-0.25, -0.2) is 14.6 Å². The van der Waals surface area contributed by atoms with Crippen LogP contribution in [-0.2, 0) is 30.3 Å². The molecule has 0 unspecified atom stereocenters. The summed E-state index contributed by atoms with van der Waals surface area (Å²) < 4.78 is 46.7. The third-order valence-corrected chi connectivity index (χ3v) is 7.16. The molecule has 0 fully saturated rings. The summed E-state index contributed by atoms with van der Waals surface area (Å²) in [6, 6.07) is 5.29. The molecule has 0 aromatic heterocycles. The Morgan fingerprint density at radius 1 is 0.951 bits per heavy atom. The molecule has 2 amide bonds. The Hall–Kier alpha value is -2.90. The normalized spacial score (nSPS) is 13.9. The van der Waals surface area contributed by atoms with E-state index in [1.807, 2.05) is 6.92 Å². The molecule has 11 nitrogen and oxygen atoms in total. The molecule has 1 aliphatic carbocycles. The van der Waals surface area contributed by atoms with Crippen molar-refractivity contribution < 1.29 is 36.4 Å². The first-order chi connectivity index (χ1) is 18.9. The van der Waals surface area contributed by atoms with Gasteiger partial charge in [0.05, 0.1) is 29.1 Å². The molecule has 1 aromatic carbocycles. The van der Waals surface area contributed by atoms with Crippen molar-refractivity contribution in [3.8, 4) is 5.75 Å². The van der Waals surface area contributed by atoms with E-state index in [1.165, 1.54) is 0 Å². The zero-order valence-electron chi connectivity index (χ0n) is 24.6. The molecule has 2 N–H and O–H groups in total. The standard InChI is InChI=1S/C28H40BrN3O8S/c1-19-9-12-21(13-10-19)41(35,36)38-16-8-15-37-23-14-11-20(17-22(23)29)18-30-24(31-25(33)39-27(2,3)4)32-26(34)40-28(5,6)7/h9,11-12,14,17H,8,10,13,15-16,18H2,1-7H3,(H2,30,31,32,33,34). The maximum Gasteiger partial charge on any atom is 0.414 e. The zero-order chi connectivity index (χ0) is 30.8. The van der Waals surface area contributed by atoms with E-state index in [4.69, 9.17) is 18.4 Å². The summed E-state index contributed by atoms with van der Waals surface area (Å²) in [7, 11) is -3.74. The fraction of sp³-hybridized carbons (Fsp3) is 0.536. The number of halogens is 1. The lowest BCUT2D eigenvalue weighted by molar-refractivity contribution is 0.0545. The molecule has 0 bridgehead atoms. The van der Waals surface area contributed by atoms with Gasteiger partial charge >= 0.3 is 12.2 Å². The second-order valence-corrected chi connectivity index (χ2v) is 13.8. The van der Waals surface area contributed by atoms with Crippen molar-refractivity contribution in [2.24, 2.45) is 4.99 Å². The number of alkyl carbamates (subject to hydrolysis) is 2. The summed E-state index contributed by atoms with van der Waals surface area (Å²) in [5.74, 6) is 0.421. The predicted octanol–water partition coefficient (Wildman–Crippen LogP) is 6.09. The lowest BCUT2D eigenvalue weighted by Gasteiger charge is -2.22. The summed E-state index contributed by atoms with van der Waals surface area (Å²) >= 11 is 3.47. The van der Waals surface area contributed by atoms with Gasteiger partial charge in [-0.2, -0.15) is 8.42 Å². The quantitative estimate of drug-likeness (QED) is 0.141. The molecule has 0 spiro atoms. The van der Waals surface area contributed by atoms with E-state index in [0.717, 1.165) is 11.1 Å². The van der Waals surface area contributed by atoms with Crippen molar-refractivity contribution in [2.45, 2.75) is 85.5 Å². The number of hydrogen-bond acceptors (Lipinski definition) is 9. The maximum absolute atomic E-state index is 12.3. The van der Waals surface area contributed by atoms with Crippen LogP contribution in [-0.4, -0.2) is 51.0 Å². The van der Waals surface area contributed by atoms with Crippen LogP contribution in [0.25, 0.3) is 0 Å². The number of ether oxygens (including phenoxy) is 3. The number of hydrogen-bond donors (Lipinski definition) is 2. The van der Waals surface area contributed by atoms with Crippen LogP contribution < -0.4 is 15.4 Å². The summed E-state index contributed by atoms with van der Waals surface area (Å²) in [6.07, 6.45) is 3.35. The molecule has 1 aliphatic rings. The highest BCUT2D eigenvalue weighted by molar-refractivity contribution is 9.10. The molecule has 1 aromatic rings. The minimum absolute atomic E-state index is 0.00482. The van der Waals surface area contributed by atoms with E-state index in [-0.39, 0.29) is 30.6 Å². The van der Waals surface area contributed by atoms with E-state index in [2.05, 4.69) is 31.6 Å². The van der Waals surface area contributed by atoms with Gasteiger partial charge in [0.2, 0.25) is 5.96 Å². The van der Waals surface area contributed by atoms with Crippen molar-refractivity contribution in [2.75, 3.05) is 13.2 Å². The average molecular weight is 659 g/mol. The number of carbonyl (C=O) groups excluding carboxylic acids is 2. The monoisotopic (exact) mass is 657 g/mol. The first kappa shape index (κ1) is 34.3. The van der Waals surface area contributed by atoms with Crippen LogP contribution in [0, 0.1) is 0 Å². The van der Waals surface area contributed by atoms with Gasteiger partial charge in [0.25, 0.3) is 10.1 Å². The molecule has 0 saturated heterocycles. The Bertz CT molecular complexity index is 1260. The Balaban J connectivity index is 1.95. The maximum atomic E-state index is 12.3. The highest BCUT2D eigenvalue weighted by Gasteiger charge is 2.22. The predicted molar refractivity (Wildman–Crippen MR) is 160 cm³/mol. The Morgan fingerprint density at radius 2 is 1.56 bits per heavy atom. The SMILES string of the molecule is CC1=CC=C(S(=O)(=O)OCCCOc2ccc(CN=C(NC(=O)OC(C)(C)C)NC(=O)OC(C)(C)C)cc2Br)CC1. The van der Waals surface area contributed by atoms with Gasteiger partial charge in [0.15, 0.2) is 0 Å². The van der Waals surface area contributed by atoms with Gasteiger partial charge in [-0.05, 0) is 101 Å². The Morgan fingerprint density at radius 3 is 2.07 bits per heavy atom. The molecule has 0 heterocycles. The van der Waals surface area contributed by atoms with Crippen LogP contribution in [0.4, 0.5) is 9.59 Å². The van der Waals surface area contributed by atoms with E-state index in [1.54, 1.807) is 71.9 Å². The van der Waals surface area contributed by atoms with Crippen LogP contribution in [0.3, 0.4) is 0 Å². The van der Waals surface area contributed by atoms with Crippen LogP contribution >= 0.6 is 15.9 Å². The highest BCUT2D eigenvalue weighted by Crippen LogP contribution is 2.27. The number of nitrogens with one attached hydrogen (secondary N) is 2. The molecule has 0 radical (unpaired) electrons. The lowest BCUT2D eigenvalue weighted by atomic mass is 10.1. The first-order valence-electron chi connectivity index (χ1n) is 13.1. The smallest absolute Gasteiger partial charge is 0.414 e. The van der Waals surface area contributed by atoms with Gasteiger partial charge in [-0.3, -0.25) is 14.8 Å². The number of rotatable bonds is 9. The molecule has 0 saturated carbocycles. The minimum atomic E-state index is -3.74. The van der Waals surface area contributed by atoms with Gasteiger partial charge < -0.3 is 14.2 Å². The summed E-state index contributed by atoms with van der Waals surface area (Å²) in [6.45, 7) is 12.6. The van der Waals surface area contributed by atoms with Gasteiger partial charge in [0.1, 0.15) is 17.0 Å². The van der Waals surface area contributed by atoms with Crippen molar-refractivity contribution in [1.29, 1.82) is 0 Å². The lowest BCUT2D eigenvalue weighted by Crippen LogP contribution is -2.47. The summed E-state index contributed by atoms with van der Waals surface area (Å²) in [5.41, 5.74) is 0.395. The fourth-order valence-electron chi connectivity index (χ4n) is 3.26. The van der Waals surface area contributed by atoms with Gasteiger partial charge in [0, 0.05) is 6.42 Å². The van der Waals surface area contributed by atoms with Crippen molar-refractivity contribution in [3.05, 3.63) is 50.9 Å². The van der Waals surface area contributed by atoms with Gasteiger partial charge in [-0.1, -0.05) is 17.7 Å². The molecule has 0 atom stereocenters. The molecule has 41 heavy (non-hydrogen) atoms. The molecule has 2 rings (SSSR count). The fourth-order valence-corrected chi connectivity index (χ4v) is 4.87. The topological polar surface area (TPSA) is 142 Å². The molecule has 0 aliphatic heterocycles. The van der Waals surface area contributed by atoms with Crippen molar-refractivity contribution in [3.63, 3.8) is 0 Å². The summed E-state index contributed by atoms with van der Waals surface area (Å²) in [5, 5.41) is 4.88. The zero-order valence-corrected chi connectivity index (χ0v) is 27.0. The second-order valence-electron chi connectivity index (χ2n) is 11.3. The van der Waals surface area contributed by atoms with Crippen LogP contribution in [0.2, 0.25) is 0 Å². The number of aliphatic imine (C=N–C) groups is 1. The number of allylic oxidation sites excluding steroid dienone is 4. The summed E-state index contributed by atoms with van der Waals surface area (Å²) in [4.78, 5) is 29.1. The van der Waals surface area contributed by atoms with Crippen LogP contribution in [0.1, 0.15) is 73.3 Å². The molecular formula is C28H40BrN3O8S. The van der Waals surface area contributed by atoms with E-state index in [9.17, 15) is 18.0 Å². The number of benzene rings is 1. The van der Waals surface area contributed by atoms with Crippen molar-refractivity contribution >= 4 is 44.2 Å².